The van der Waals surface area contributed by atoms with Crippen LogP contribution in [0, 0.1) is 6.92 Å². The fourth-order valence-electron chi connectivity index (χ4n) is 2.11. The molecule has 2 aromatic rings. The minimum absolute atomic E-state index is 0.170. The van der Waals surface area contributed by atoms with Crippen molar-refractivity contribution in [3.05, 3.63) is 83.9 Å². The Kier molecular flexibility index (Phi) is 5.16. The van der Waals surface area contributed by atoms with E-state index in [1.54, 1.807) is 6.08 Å². The lowest BCUT2D eigenvalue weighted by Gasteiger charge is -2.20. The lowest BCUT2D eigenvalue weighted by molar-refractivity contribution is 0.239. The number of hydrogen-bond donors (Lipinski definition) is 2. The zero-order valence-electron chi connectivity index (χ0n) is 12.2. The molecule has 0 radical (unpaired) electrons. The van der Waals surface area contributed by atoms with Gasteiger partial charge in [-0.2, -0.15) is 0 Å². The second-order valence-corrected chi connectivity index (χ2v) is 4.90. The van der Waals surface area contributed by atoms with E-state index < -0.39 is 0 Å². The molecular weight excluding hydrogens is 260 g/mol. The van der Waals surface area contributed by atoms with Gasteiger partial charge in [0.15, 0.2) is 0 Å². The van der Waals surface area contributed by atoms with Crippen molar-refractivity contribution >= 4 is 6.03 Å². The molecule has 0 saturated heterocycles. The van der Waals surface area contributed by atoms with Crippen LogP contribution in [-0.2, 0) is 0 Å². The summed E-state index contributed by atoms with van der Waals surface area (Å²) in [7, 11) is 0. The molecule has 0 saturated carbocycles. The van der Waals surface area contributed by atoms with Crippen LogP contribution in [0.1, 0.15) is 22.7 Å². The highest BCUT2D eigenvalue weighted by atomic mass is 16.2. The molecule has 0 fully saturated rings. The van der Waals surface area contributed by atoms with Crippen LogP contribution in [-0.4, -0.2) is 12.6 Å². The summed E-state index contributed by atoms with van der Waals surface area (Å²) < 4.78 is 0. The molecule has 21 heavy (non-hydrogen) atoms. The van der Waals surface area contributed by atoms with Gasteiger partial charge in [0.1, 0.15) is 0 Å². The SMILES string of the molecule is C=CCNC(=O)N[C@@H](c1ccccc1)c1ccc(C)cc1. The van der Waals surface area contributed by atoms with Crippen molar-refractivity contribution in [1.29, 1.82) is 0 Å². The number of amides is 2. The Balaban J connectivity index is 2.24. The van der Waals surface area contributed by atoms with Gasteiger partial charge in [-0.1, -0.05) is 66.2 Å². The largest absolute Gasteiger partial charge is 0.335 e. The van der Waals surface area contributed by atoms with E-state index in [1.165, 1.54) is 5.56 Å². The third-order valence-electron chi connectivity index (χ3n) is 3.23. The van der Waals surface area contributed by atoms with Gasteiger partial charge in [0.2, 0.25) is 0 Å². The highest BCUT2D eigenvalue weighted by Crippen LogP contribution is 2.22. The summed E-state index contributed by atoms with van der Waals surface area (Å²) >= 11 is 0. The topological polar surface area (TPSA) is 41.1 Å². The number of carbonyl (C=O) groups is 1. The maximum absolute atomic E-state index is 12.0. The summed E-state index contributed by atoms with van der Waals surface area (Å²) in [5, 5.41) is 5.75. The number of urea groups is 1. The Morgan fingerprint density at radius 3 is 2.33 bits per heavy atom. The van der Waals surface area contributed by atoms with Crippen LogP contribution < -0.4 is 10.6 Å². The normalized spacial score (nSPS) is 11.5. The quantitative estimate of drug-likeness (QED) is 0.808. The Labute approximate surface area is 125 Å². The second kappa shape index (κ2) is 7.29. The second-order valence-electron chi connectivity index (χ2n) is 4.90. The van der Waals surface area contributed by atoms with Gasteiger partial charge in [-0.15, -0.1) is 6.58 Å². The minimum atomic E-state index is -0.204. The zero-order chi connectivity index (χ0) is 15.1. The Morgan fingerprint density at radius 2 is 1.71 bits per heavy atom. The van der Waals surface area contributed by atoms with E-state index >= 15 is 0 Å². The fraction of sp³-hybridized carbons (Fsp3) is 0.167. The molecule has 3 nitrogen and oxygen atoms in total. The predicted molar refractivity (Wildman–Crippen MR) is 86.2 cm³/mol. The number of rotatable bonds is 5. The molecule has 2 aromatic carbocycles. The first-order valence-corrected chi connectivity index (χ1v) is 6.97. The van der Waals surface area contributed by atoms with Gasteiger partial charge in [-0.05, 0) is 18.1 Å². The first kappa shape index (κ1) is 14.9. The maximum atomic E-state index is 12.0. The van der Waals surface area contributed by atoms with Crippen LogP contribution in [0.15, 0.2) is 67.3 Å². The van der Waals surface area contributed by atoms with Crippen molar-refractivity contribution in [3.63, 3.8) is 0 Å². The fourth-order valence-corrected chi connectivity index (χ4v) is 2.11. The Bertz CT molecular complexity index is 590. The van der Waals surface area contributed by atoms with Gasteiger partial charge in [0.25, 0.3) is 0 Å². The molecule has 3 heteroatoms. The Hall–Kier alpha value is -2.55. The first-order valence-electron chi connectivity index (χ1n) is 6.97. The van der Waals surface area contributed by atoms with E-state index in [0.717, 1.165) is 11.1 Å². The highest BCUT2D eigenvalue weighted by molar-refractivity contribution is 5.75. The molecule has 0 aliphatic carbocycles. The van der Waals surface area contributed by atoms with Crippen LogP contribution in [0.3, 0.4) is 0 Å². The van der Waals surface area contributed by atoms with Crippen LogP contribution in [0.4, 0.5) is 4.79 Å². The van der Waals surface area contributed by atoms with Crippen molar-refractivity contribution in [3.8, 4) is 0 Å². The molecule has 0 aromatic heterocycles. The summed E-state index contributed by atoms with van der Waals surface area (Å²) in [6.07, 6.45) is 1.66. The van der Waals surface area contributed by atoms with Crippen molar-refractivity contribution in [2.45, 2.75) is 13.0 Å². The first-order chi connectivity index (χ1) is 10.2. The van der Waals surface area contributed by atoms with Gasteiger partial charge in [-0.3, -0.25) is 0 Å². The third-order valence-corrected chi connectivity index (χ3v) is 3.23. The lowest BCUT2D eigenvalue weighted by Crippen LogP contribution is -2.38. The summed E-state index contributed by atoms with van der Waals surface area (Å²) in [4.78, 5) is 12.0. The van der Waals surface area contributed by atoms with E-state index in [1.807, 2.05) is 49.4 Å². The van der Waals surface area contributed by atoms with Crippen LogP contribution in [0.25, 0.3) is 0 Å². The van der Waals surface area contributed by atoms with Gasteiger partial charge in [0, 0.05) is 6.54 Å². The van der Waals surface area contributed by atoms with Crippen LogP contribution >= 0.6 is 0 Å². The zero-order valence-corrected chi connectivity index (χ0v) is 12.2. The number of benzene rings is 2. The number of hydrogen-bond acceptors (Lipinski definition) is 1. The van der Waals surface area contributed by atoms with Crippen molar-refractivity contribution in [2.24, 2.45) is 0 Å². The van der Waals surface area contributed by atoms with Crippen LogP contribution in [0.2, 0.25) is 0 Å². The average Bonchev–Trinajstić information content (AvgIpc) is 2.52. The average molecular weight is 280 g/mol. The van der Waals surface area contributed by atoms with E-state index in [9.17, 15) is 4.79 Å². The summed E-state index contributed by atoms with van der Waals surface area (Å²) in [5.41, 5.74) is 3.30. The molecule has 0 unspecified atom stereocenters. The van der Waals surface area contributed by atoms with E-state index in [0.29, 0.717) is 6.54 Å². The van der Waals surface area contributed by atoms with Gasteiger partial charge < -0.3 is 10.6 Å². The molecule has 0 aliphatic rings. The minimum Gasteiger partial charge on any atom is -0.335 e. The molecule has 2 N–H and O–H groups in total. The molecular formula is C18H20N2O. The summed E-state index contributed by atoms with van der Waals surface area (Å²) in [5.74, 6) is 0. The maximum Gasteiger partial charge on any atom is 0.315 e. The lowest BCUT2D eigenvalue weighted by atomic mass is 9.98. The Morgan fingerprint density at radius 1 is 1.10 bits per heavy atom. The predicted octanol–water partition coefficient (Wildman–Crippen LogP) is 3.57. The monoisotopic (exact) mass is 280 g/mol. The standard InChI is InChI=1S/C18H20N2O/c1-3-13-19-18(21)20-17(15-7-5-4-6-8-15)16-11-9-14(2)10-12-16/h3-12,17H,1,13H2,2H3,(H2,19,20,21)/t17-/m0/s1. The number of nitrogens with one attached hydrogen (secondary N) is 2. The van der Waals surface area contributed by atoms with Gasteiger partial charge in [-0.25, -0.2) is 4.79 Å². The van der Waals surface area contributed by atoms with Gasteiger partial charge >= 0.3 is 6.03 Å². The summed E-state index contributed by atoms with van der Waals surface area (Å²) in [6.45, 7) is 6.09. The molecule has 1 atom stereocenters. The van der Waals surface area contributed by atoms with Crippen molar-refractivity contribution < 1.29 is 4.79 Å². The smallest absolute Gasteiger partial charge is 0.315 e. The highest BCUT2D eigenvalue weighted by Gasteiger charge is 2.16. The number of carbonyl (C=O) groups excluding carboxylic acids is 1. The molecule has 0 spiro atoms. The third kappa shape index (κ3) is 4.21. The molecule has 2 amide bonds. The van der Waals surface area contributed by atoms with Crippen molar-refractivity contribution in [1.82, 2.24) is 10.6 Å². The van der Waals surface area contributed by atoms with E-state index in [2.05, 4.69) is 29.3 Å². The van der Waals surface area contributed by atoms with Crippen LogP contribution in [0.5, 0.6) is 0 Å². The summed E-state index contributed by atoms with van der Waals surface area (Å²) in [6, 6.07) is 17.7. The van der Waals surface area contributed by atoms with E-state index in [-0.39, 0.29) is 12.1 Å². The molecule has 108 valence electrons. The van der Waals surface area contributed by atoms with Gasteiger partial charge in [0.05, 0.1) is 6.04 Å². The molecule has 0 heterocycles. The van der Waals surface area contributed by atoms with E-state index in [4.69, 9.17) is 0 Å². The van der Waals surface area contributed by atoms with Crippen molar-refractivity contribution in [2.75, 3.05) is 6.54 Å². The number of aryl methyl sites for hydroxylation is 1. The molecule has 0 aliphatic heterocycles. The molecule has 0 bridgehead atoms. The molecule has 2 rings (SSSR count).